The van der Waals surface area contributed by atoms with Crippen LogP contribution in [0.4, 0.5) is 5.69 Å². The molecule has 1 aromatic rings. The van der Waals surface area contributed by atoms with Crippen LogP contribution in [0.25, 0.3) is 0 Å². The van der Waals surface area contributed by atoms with Crippen LogP contribution < -0.4 is 10.2 Å². The van der Waals surface area contributed by atoms with E-state index in [0.717, 1.165) is 13.0 Å². The molecule has 0 unspecified atom stereocenters. The first kappa shape index (κ1) is 13.0. The smallest absolute Gasteiger partial charge is 0.0361 e. The van der Waals surface area contributed by atoms with E-state index in [9.17, 15) is 0 Å². The molecule has 0 aromatic heterocycles. The number of benzene rings is 1. The zero-order valence-electron chi connectivity index (χ0n) is 11.2. The number of anilines is 1. The predicted octanol–water partition coefficient (Wildman–Crippen LogP) is 2.68. The summed E-state index contributed by atoms with van der Waals surface area (Å²) in [5.74, 6) is 0. The minimum atomic E-state index is 0.212. The number of rotatable bonds is 4. The Morgan fingerprint density at radius 3 is 2.06 bits per heavy atom. The Labute approximate surface area is 99.7 Å². The highest BCUT2D eigenvalue weighted by atomic mass is 15.1. The summed E-state index contributed by atoms with van der Waals surface area (Å²) < 4.78 is 0. The van der Waals surface area contributed by atoms with Crippen molar-refractivity contribution >= 4 is 5.69 Å². The van der Waals surface area contributed by atoms with E-state index in [4.69, 9.17) is 0 Å². The van der Waals surface area contributed by atoms with Crippen molar-refractivity contribution in [2.45, 2.75) is 32.7 Å². The summed E-state index contributed by atoms with van der Waals surface area (Å²) in [6.07, 6.45) is 1.09. The van der Waals surface area contributed by atoms with Crippen molar-refractivity contribution in [3.63, 3.8) is 0 Å². The van der Waals surface area contributed by atoms with Crippen LogP contribution in [0.3, 0.4) is 0 Å². The average molecular weight is 220 g/mol. The zero-order valence-corrected chi connectivity index (χ0v) is 11.2. The molecule has 0 aliphatic heterocycles. The van der Waals surface area contributed by atoms with Crippen LogP contribution in [0.2, 0.25) is 0 Å². The molecular weight excluding hydrogens is 196 g/mol. The summed E-state index contributed by atoms with van der Waals surface area (Å²) >= 11 is 0. The first-order chi connectivity index (χ1) is 7.38. The van der Waals surface area contributed by atoms with E-state index in [-0.39, 0.29) is 5.54 Å². The SMILES string of the molecule is CN(C)c1ccc(CCNC(C)(C)C)cc1. The molecule has 1 rings (SSSR count). The topological polar surface area (TPSA) is 15.3 Å². The molecular formula is C14H24N2. The minimum Gasteiger partial charge on any atom is -0.378 e. The molecule has 0 aliphatic carbocycles. The van der Waals surface area contributed by atoms with E-state index >= 15 is 0 Å². The van der Waals surface area contributed by atoms with Crippen LogP contribution in [0, 0.1) is 0 Å². The van der Waals surface area contributed by atoms with Crippen LogP contribution in [0.1, 0.15) is 26.3 Å². The van der Waals surface area contributed by atoms with Gasteiger partial charge in [0.05, 0.1) is 0 Å². The Morgan fingerprint density at radius 1 is 1.06 bits per heavy atom. The van der Waals surface area contributed by atoms with Gasteiger partial charge in [-0.2, -0.15) is 0 Å². The summed E-state index contributed by atoms with van der Waals surface area (Å²) in [5, 5.41) is 3.50. The van der Waals surface area contributed by atoms with Gasteiger partial charge in [-0.15, -0.1) is 0 Å². The summed E-state index contributed by atoms with van der Waals surface area (Å²) in [6, 6.07) is 8.76. The van der Waals surface area contributed by atoms with Gasteiger partial charge in [0.15, 0.2) is 0 Å². The van der Waals surface area contributed by atoms with Crippen molar-refractivity contribution in [3.8, 4) is 0 Å². The number of hydrogen-bond acceptors (Lipinski definition) is 2. The fourth-order valence-electron chi connectivity index (χ4n) is 1.54. The molecule has 0 fully saturated rings. The summed E-state index contributed by atoms with van der Waals surface area (Å²) in [7, 11) is 4.13. The van der Waals surface area contributed by atoms with Gasteiger partial charge >= 0.3 is 0 Å². The van der Waals surface area contributed by atoms with Gasteiger partial charge in [0.25, 0.3) is 0 Å². The van der Waals surface area contributed by atoms with Gasteiger partial charge in [-0.3, -0.25) is 0 Å². The largest absolute Gasteiger partial charge is 0.378 e. The second kappa shape index (κ2) is 5.35. The van der Waals surface area contributed by atoms with E-state index in [0.29, 0.717) is 0 Å². The second-order valence-electron chi connectivity index (χ2n) is 5.49. The molecule has 2 nitrogen and oxygen atoms in total. The number of hydrogen-bond donors (Lipinski definition) is 1. The lowest BCUT2D eigenvalue weighted by molar-refractivity contribution is 0.429. The van der Waals surface area contributed by atoms with Crippen molar-refractivity contribution in [3.05, 3.63) is 29.8 Å². The summed E-state index contributed by atoms with van der Waals surface area (Å²) in [5.41, 5.74) is 2.86. The molecule has 0 heterocycles. The Kier molecular flexibility index (Phi) is 4.36. The van der Waals surface area contributed by atoms with Gasteiger partial charge in [-0.25, -0.2) is 0 Å². The molecule has 0 amide bonds. The second-order valence-corrected chi connectivity index (χ2v) is 5.49. The molecule has 90 valence electrons. The summed E-state index contributed by atoms with van der Waals surface area (Å²) in [6.45, 7) is 7.62. The lowest BCUT2D eigenvalue weighted by Crippen LogP contribution is -2.37. The van der Waals surface area contributed by atoms with Crippen molar-refractivity contribution in [2.24, 2.45) is 0 Å². The quantitative estimate of drug-likeness (QED) is 0.839. The van der Waals surface area contributed by atoms with E-state index < -0.39 is 0 Å². The first-order valence-corrected chi connectivity index (χ1v) is 5.90. The van der Waals surface area contributed by atoms with Gasteiger partial charge in [0.2, 0.25) is 0 Å². The first-order valence-electron chi connectivity index (χ1n) is 5.90. The minimum absolute atomic E-state index is 0.212. The normalized spacial score (nSPS) is 11.6. The Morgan fingerprint density at radius 2 is 1.62 bits per heavy atom. The monoisotopic (exact) mass is 220 g/mol. The van der Waals surface area contributed by atoms with Gasteiger partial charge < -0.3 is 10.2 Å². The molecule has 1 aromatic carbocycles. The van der Waals surface area contributed by atoms with Crippen LogP contribution in [-0.2, 0) is 6.42 Å². The maximum absolute atomic E-state index is 3.50. The Balaban J connectivity index is 2.44. The maximum atomic E-state index is 3.50. The highest BCUT2D eigenvalue weighted by molar-refractivity contribution is 5.45. The van der Waals surface area contributed by atoms with Crippen LogP contribution in [0.5, 0.6) is 0 Å². The van der Waals surface area contributed by atoms with Gasteiger partial charge in [0.1, 0.15) is 0 Å². The lowest BCUT2D eigenvalue weighted by Gasteiger charge is -2.20. The third kappa shape index (κ3) is 4.67. The fourth-order valence-corrected chi connectivity index (χ4v) is 1.54. The molecule has 0 atom stereocenters. The van der Waals surface area contributed by atoms with Gasteiger partial charge in [0, 0.05) is 25.3 Å². The number of nitrogens with one attached hydrogen (secondary N) is 1. The molecule has 0 bridgehead atoms. The zero-order chi connectivity index (χ0) is 12.2. The molecule has 0 radical (unpaired) electrons. The molecule has 0 spiro atoms. The molecule has 0 aliphatic rings. The van der Waals surface area contributed by atoms with E-state index in [1.165, 1.54) is 11.3 Å². The molecule has 16 heavy (non-hydrogen) atoms. The van der Waals surface area contributed by atoms with Gasteiger partial charge in [-0.05, 0) is 51.4 Å². The highest BCUT2D eigenvalue weighted by Gasteiger charge is 2.07. The Bertz CT molecular complexity index is 307. The summed E-state index contributed by atoms with van der Waals surface area (Å²) in [4.78, 5) is 2.12. The third-order valence-corrected chi connectivity index (χ3v) is 2.52. The van der Waals surface area contributed by atoms with Crippen molar-refractivity contribution in [1.29, 1.82) is 0 Å². The van der Waals surface area contributed by atoms with Crippen molar-refractivity contribution < 1.29 is 0 Å². The van der Waals surface area contributed by atoms with E-state index in [2.05, 4.69) is 69.3 Å². The molecule has 0 saturated carbocycles. The molecule has 0 saturated heterocycles. The molecule has 1 N–H and O–H groups in total. The standard InChI is InChI=1S/C14H24N2/c1-14(2,3)15-11-10-12-6-8-13(9-7-12)16(4)5/h6-9,15H,10-11H2,1-5H3. The lowest BCUT2D eigenvalue weighted by atomic mass is 10.1. The average Bonchev–Trinajstić information content (AvgIpc) is 2.16. The third-order valence-electron chi connectivity index (χ3n) is 2.52. The Hall–Kier alpha value is -1.02. The highest BCUT2D eigenvalue weighted by Crippen LogP contribution is 2.12. The fraction of sp³-hybridized carbons (Fsp3) is 0.571. The molecule has 2 heteroatoms. The van der Waals surface area contributed by atoms with Crippen molar-refractivity contribution in [2.75, 3.05) is 25.5 Å². The maximum Gasteiger partial charge on any atom is 0.0361 e. The van der Waals surface area contributed by atoms with Crippen LogP contribution in [-0.4, -0.2) is 26.2 Å². The van der Waals surface area contributed by atoms with Gasteiger partial charge in [-0.1, -0.05) is 12.1 Å². The van der Waals surface area contributed by atoms with E-state index in [1.54, 1.807) is 0 Å². The van der Waals surface area contributed by atoms with Crippen LogP contribution in [0.15, 0.2) is 24.3 Å². The predicted molar refractivity (Wildman–Crippen MR) is 72.2 cm³/mol. The number of nitrogens with zero attached hydrogens (tertiary/aromatic N) is 1. The van der Waals surface area contributed by atoms with Crippen LogP contribution >= 0.6 is 0 Å². The van der Waals surface area contributed by atoms with Crippen molar-refractivity contribution in [1.82, 2.24) is 5.32 Å². The van der Waals surface area contributed by atoms with E-state index in [1.807, 2.05) is 0 Å².